The Balaban J connectivity index is 1.59. The minimum atomic E-state index is -0.265. The van der Waals surface area contributed by atoms with Crippen molar-refractivity contribution in [2.24, 2.45) is 5.92 Å². The van der Waals surface area contributed by atoms with Gasteiger partial charge < -0.3 is 0 Å². The molecule has 0 bridgehead atoms. The summed E-state index contributed by atoms with van der Waals surface area (Å²) in [6.45, 7) is 4.19. The molecule has 124 valence electrons. The highest BCUT2D eigenvalue weighted by Crippen LogP contribution is 2.18. The molecule has 0 saturated carbocycles. The molecule has 1 aromatic carbocycles. The van der Waals surface area contributed by atoms with Crippen molar-refractivity contribution in [3.63, 3.8) is 0 Å². The molecule has 1 amide bonds. The molecule has 24 heavy (non-hydrogen) atoms. The first-order valence-corrected chi connectivity index (χ1v) is 8.37. The molecule has 0 fully saturated rings. The predicted octanol–water partition coefficient (Wildman–Crippen LogP) is 2.03. The van der Waals surface area contributed by atoms with Gasteiger partial charge in [-0.05, 0) is 11.1 Å². The molecular formula is C15H17N7OS. The predicted molar refractivity (Wildman–Crippen MR) is 90.3 cm³/mol. The van der Waals surface area contributed by atoms with Crippen LogP contribution in [0.1, 0.15) is 18.9 Å². The van der Waals surface area contributed by atoms with E-state index in [4.69, 9.17) is 0 Å². The molecule has 2 aromatic heterocycles. The van der Waals surface area contributed by atoms with Crippen LogP contribution in [0.25, 0.3) is 11.4 Å². The van der Waals surface area contributed by atoms with Crippen molar-refractivity contribution >= 4 is 22.4 Å². The number of nitrogens with zero attached hydrogens (tertiary/aromatic N) is 6. The van der Waals surface area contributed by atoms with E-state index in [9.17, 15) is 4.79 Å². The minimum absolute atomic E-state index is 0.0288. The average Bonchev–Trinajstić information content (AvgIpc) is 3.17. The van der Waals surface area contributed by atoms with Crippen LogP contribution in [0.3, 0.4) is 0 Å². The lowest BCUT2D eigenvalue weighted by Crippen LogP contribution is -2.20. The quantitative estimate of drug-likeness (QED) is 0.735. The molecule has 8 nitrogen and oxygen atoms in total. The molecular weight excluding hydrogens is 326 g/mol. The lowest BCUT2D eigenvalue weighted by Gasteiger charge is -1.99. The van der Waals surface area contributed by atoms with Gasteiger partial charge in [0.2, 0.25) is 16.9 Å². The van der Waals surface area contributed by atoms with Crippen LogP contribution in [-0.4, -0.2) is 36.3 Å². The Morgan fingerprint density at radius 2 is 2.00 bits per heavy atom. The van der Waals surface area contributed by atoms with Crippen molar-refractivity contribution in [1.29, 1.82) is 0 Å². The number of aromatic nitrogens is 6. The smallest absolute Gasteiger partial charge is 0.249 e. The van der Waals surface area contributed by atoms with Crippen LogP contribution in [0.2, 0.25) is 0 Å². The second-order valence-electron chi connectivity index (χ2n) is 5.66. The van der Waals surface area contributed by atoms with Crippen LogP contribution >= 0.6 is 11.3 Å². The van der Waals surface area contributed by atoms with Crippen LogP contribution in [0, 0.1) is 5.92 Å². The van der Waals surface area contributed by atoms with Crippen molar-refractivity contribution in [2.45, 2.75) is 26.8 Å². The summed E-state index contributed by atoms with van der Waals surface area (Å²) < 4.78 is 0. The Kier molecular flexibility index (Phi) is 4.90. The van der Waals surface area contributed by atoms with Gasteiger partial charge in [-0.15, -0.1) is 20.4 Å². The molecule has 3 rings (SSSR count). The van der Waals surface area contributed by atoms with Gasteiger partial charge in [0.15, 0.2) is 0 Å². The zero-order valence-electron chi connectivity index (χ0n) is 13.4. The summed E-state index contributed by atoms with van der Waals surface area (Å²) in [5, 5.41) is 24.2. The molecule has 9 heteroatoms. The standard InChI is InChI=1S/C15H17N7OS/c1-10(2)8-13-17-19-15(24-13)16-12(23)9-22-20-14(18-21-22)11-6-4-3-5-7-11/h3-7,10H,8-9H2,1-2H3,(H,16,19,23). The van der Waals surface area contributed by atoms with Gasteiger partial charge in [-0.25, -0.2) is 0 Å². The zero-order chi connectivity index (χ0) is 16.9. The van der Waals surface area contributed by atoms with Crippen LogP contribution in [0.5, 0.6) is 0 Å². The van der Waals surface area contributed by atoms with E-state index < -0.39 is 0 Å². The fourth-order valence-corrected chi connectivity index (χ4v) is 3.00. The van der Waals surface area contributed by atoms with E-state index in [2.05, 4.69) is 44.8 Å². The van der Waals surface area contributed by atoms with E-state index in [1.807, 2.05) is 30.3 Å². The number of rotatable bonds is 6. The lowest BCUT2D eigenvalue weighted by molar-refractivity contribution is -0.117. The molecule has 0 aliphatic heterocycles. The normalized spacial score (nSPS) is 11.0. The van der Waals surface area contributed by atoms with Crippen LogP contribution in [-0.2, 0) is 17.8 Å². The zero-order valence-corrected chi connectivity index (χ0v) is 14.2. The van der Waals surface area contributed by atoms with Crippen molar-refractivity contribution in [2.75, 3.05) is 5.32 Å². The molecule has 0 saturated heterocycles. The van der Waals surface area contributed by atoms with Crippen LogP contribution in [0.15, 0.2) is 30.3 Å². The maximum atomic E-state index is 12.1. The molecule has 0 atom stereocenters. The third-order valence-electron chi connectivity index (χ3n) is 3.07. The summed E-state index contributed by atoms with van der Waals surface area (Å²) in [5.74, 6) is 0.718. The van der Waals surface area contributed by atoms with E-state index in [0.717, 1.165) is 17.0 Å². The second-order valence-corrected chi connectivity index (χ2v) is 6.72. The van der Waals surface area contributed by atoms with Gasteiger partial charge in [-0.2, -0.15) is 4.80 Å². The van der Waals surface area contributed by atoms with Crippen molar-refractivity contribution in [3.8, 4) is 11.4 Å². The average molecular weight is 343 g/mol. The number of nitrogens with one attached hydrogen (secondary N) is 1. The fraction of sp³-hybridized carbons (Fsp3) is 0.333. The number of carbonyl (C=O) groups excluding carboxylic acids is 1. The molecule has 0 aliphatic carbocycles. The van der Waals surface area contributed by atoms with Crippen molar-refractivity contribution in [3.05, 3.63) is 35.3 Å². The number of carbonyl (C=O) groups is 1. The third-order valence-corrected chi connectivity index (χ3v) is 3.93. The molecule has 0 aliphatic rings. The highest BCUT2D eigenvalue weighted by molar-refractivity contribution is 7.15. The Hall–Kier alpha value is -2.68. The van der Waals surface area contributed by atoms with E-state index in [-0.39, 0.29) is 12.5 Å². The Labute approximate surface area is 142 Å². The molecule has 0 radical (unpaired) electrons. The number of tetrazole rings is 1. The maximum absolute atomic E-state index is 12.1. The number of amides is 1. The first kappa shape index (κ1) is 16.2. The van der Waals surface area contributed by atoms with E-state index >= 15 is 0 Å². The molecule has 0 unspecified atom stereocenters. The van der Waals surface area contributed by atoms with E-state index in [1.165, 1.54) is 16.1 Å². The molecule has 0 spiro atoms. The number of hydrogen-bond acceptors (Lipinski definition) is 7. The Morgan fingerprint density at radius 1 is 1.21 bits per heavy atom. The highest BCUT2D eigenvalue weighted by Gasteiger charge is 2.12. The van der Waals surface area contributed by atoms with Gasteiger partial charge in [0.25, 0.3) is 0 Å². The number of hydrogen-bond donors (Lipinski definition) is 1. The van der Waals surface area contributed by atoms with Crippen molar-refractivity contribution in [1.82, 2.24) is 30.4 Å². The van der Waals surface area contributed by atoms with Gasteiger partial charge in [0.1, 0.15) is 11.6 Å². The van der Waals surface area contributed by atoms with Crippen molar-refractivity contribution < 1.29 is 4.79 Å². The summed E-state index contributed by atoms with van der Waals surface area (Å²) in [6, 6.07) is 9.48. The fourth-order valence-electron chi connectivity index (χ4n) is 2.04. The SMILES string of the molecule is CC(C)Cc1nnc(NC(=O)Cn2nnc(-c3ccccc3)n2)s1. The monoisotopic (exact) mass is 343 g/mol. The lowest BCUT2D eigenvalue weighted by atomic mass is 10.1. The molecule has 2 heterocycles. The maximum Gasteiger partial charge on any atom is 0.249 e. The van der Waals surface area contributed by atoms with Gasteiger partial charge >= 0.3 is 0 Å². The first-order chi connectivity index (χ1) is 11.6. The van der Waals surface area contributed by atoms with Gasteiger partial charge in [0.05, 0.1) is 0 Å². The molecule has 1 N–H and O–H groups in total. The Bertz CT molecular complexity index is 812. The molecule has 3 aromatic rings. The largest absolute Gasteiger partial charge is 0.299 e. The summed E-state index contributed by atoms with van der Waals surface area (Å²) in [4.78, 5) is 13.3. The van der Waals surface area contributed by atoms with E-state index in [0.29, 0.717) is 16.9 Å². The highest BCUT2D eigenvalue weighted by atomic mass is 32.1. The van der Waals surface area contributed by atoms with Gasteiger partial charge in [-0.1, -0.05) is 55.5 Å². The summed E-state index contributed by atoms with van der Waals surface area (Å²) >= 11 is 1.38. The van der Waals surface area contributed by atoms with Crippen LogP contribution < -0.4 is 5.32 Å². The Morgan fingerprint density at radius 3 is 2.75 bits per heavy atom. The summed E-state index contributed by atoms with van der Waals surface area (Å²) in [5.41, 5.74) is 0.853. The van der Waals surface area contributed by atoms with Crippen LogP contribution in [0.4, 0.5) is 5.13 Å². The van der Waals surface area contributed by atoms with Gasteiger partial charge in [-0.3, -0.25) is 10.1 Å². The third kappa shape index (κ3) is 4.19. The second kappa shape index (κ2) is 7.26. The topological polar surface area (TPSA) is 98.5 Å². The summed E-state index contributed by atoms with van der Waals surface area (Å²) in [7, 11) is 0. The summed E-state index contributed by atoms with van der Waals surface area (Å²) in [6.07, 6.45) is 0.846. The number of anilines is 1. The van der Waals surface area contributed by atoms with E-state index in [1.54, 1.807) is 0 Å². The first-order valence-electron chi connectivity index (χ1n) is 7.55. The van der Waals surface area contributed by atoms with Gasteiger partial charge in [0, 0.05) is 12.0 Å². The number of benzene rings is 1. The minimum Gasteiger partial charge on any atom is -0.299 e.